The molecule has 1 fully saturated rings. The molecule has 5 nitrogen and oxygen atoms in total. The van der Waals surface area contributed by atoms with Gasteiger partial charge in [0.25, 0.3) is 0 Å². The third kappa shape index (κ3) is 3.73. The second-order valence-electron chi connectivity index (χ2n) is 6.54. The molecular formula is C21H22N2O3. The van der Waals surface area contributed by atoms with Gasteiger partial charge >= 0.3 is 0 Å². The minimum atomic E-state index is -0.151. The van der Waals surface area contributed by atoms with E-state index in [0.717, 1.165) is 28.6 Å². The standard InChI is InChI=1S/C21H22N2O3/c24-21(12-15-13-22-18-9-5-4-8-17(15)18)23-19-14-25-11-10-20(19)26-16-6-2-1-3-7-16/h1-9,13,19-20,22H,10-12,14H2,(H,23,24)/t19-,20+/m1/s1. The second kappa shape index (κ2) is 7.62. The molecule has 2 N–H and O–H groups in total. The quantitative estimate of drug-likeness (QED) is 0.743. The van der Waals surface area contributed by atoms with Gasteiger partial charge in [0.1, 0.15) is 11.9 Å². The minimum Gasteiger partial charge on any atom is -0.488 e. The third-order valence-electron chi connectivity index (χ3n) is 4.70. The Morgan fingerprint density at radius 2 is 1.96 bits per heavy atom. The summed E-state index contributed by atoms with van der Waals surface area (Å²) in [6, 6.07) is 17.6. The van der Waals surface area contributed by atoms with Gasteiger partial charge in [0.2, 0.25) is 5.91 Å². The van der Waals surface area contributed by atoms with Gasteiger partial charge in [-0.15, -0.1) is 0 Å². The molecule has 2 aromatic carbocycles. The molecule has 3 aromatic rings. The van der Waals surface area contributed by atoms with Gasteiger partial charge in [-0.2, -0.15) is 0 Å². The molecule has 0 spiro atoms. The van der Waals surface area contributed by atoms with Crippen molar-refractivity contribution < 1.29 is 14.3 Å². The summed E-state index contributed by atoms with van der Waals surface area (Å²) in [6.07, 6.45) is 2.91. The molecule has 1 aliphatic rings. The smallest absolute Gasteiger partial charge is 0.224 e. The zero-order valence-corrected chi connectivity index (χ0v) is 14.5. The Balaban J connectivity index is 1.41. The first-order chi connectivity index (χ1) is 12.8. The number of ether oxygens (including phenoxy) is 2. The molecule has 5 heteroatoms. The maximum atomic E-state index is 12.6. The fourth-order valence-corrected chi connectivity index (χ4v) is 3.38. The topological polar surface area (TPSA) is 63.4 Å². The van der Waals surface area contributed by atoms with E-state index in [0.29, 0.717) is 19.6 Å². The third-order valence-corrected chi connectivity index (χ3v) is 4.70. The number of hydrogen-bond acceptors (Lipinski definition) is 3. The number of aromatic nitrogens is 1. The van der Waals surface area contributed by atoms with E-state index < -0.39 is 0 Å². The Bertz CT molecular complexity index is 875. The largest absolute Gasteiger partial charge is 0.488 e. The minimum absolute atomic E-state index is 0.0214. The molecule has 0 saturated carbocycles. The van der Waals surface area contributed by atoms with Crippen molar-refractivity contribution in [2.45, 2.75) is 25.0 Å². The van der Waals surface area contributed by atoms with Crippen LogP contribution in [0.5, 0.6) is 5.75 Å². The summed E-state index contributed by atoms with van der Waals surface area (Å²) < 4.78 is 11.6. The second-order valence-corrected chi connectivity index (χ2v) is 6.54. The predicted octanol–water partition coefficient (Wildman–Crippen LogP) is 3.06. The van der Waals surface area contributed by atoms with Crippen molar-refractivity contribution in [1.29, 1.82) is 0 Å². The van der Waals surface area contributed by atoms with Crippen LogP contribution < -0.4 is 10.1 Å². The van der Waals surface area contributed by atoms with Gasteiger partial charge in [-0.05, 0) is 23.8 Å². The van der Waals surface area contributed by atoms with E-state index in [-0.39, 0.29) is 18.1 Å². The number of para-hydroxylation sites is 2. The zero-order valence-electron chi connectivity index (χ0n) is 14.5. The molecule has 0 aliphatic carbocycles. The van der Waals surface area contributed by atoms with Crippen molar-refractivity contribution >= 4 is 16.8 Å². The summed E-state index contributed by atoms with van der Waals surface area (Å²) in [5.74, 6) is 0.794. The van der Waals surface area contributed by atoms with Crippen LogP contribution in [0.2, 0.25) is 0 Å². The Hall–Kier alpha value is -2.79. The normalized spacial score (nSPS) is 20.0. The van der Waals surface area contributed by atoms with Crippen LogP contribution >= 0.6 is 0 Å². The van der Waals surface area contributed by atoms with Crippen molar-refractivity contribution in [3.05, 3.63) is 66.4 Å². The van der Waals surface area contributed by atoms with E-state index in [1.807, 2.05) is 60.8 Å². The molecule has 0 radical (unpaired) electrons. The Labute approximate surface area is 152 Å². The molecular weight excluding hydrogens is 328 g/mol. The first-order valence-corrected chi connectivity index (χ1v) is 8.93. The van der Waals surface area contributed by atoms with Crippen LogP contribution in [0.4, 0.5) is 0 Å². The molecule has 4 rings (SSSR count). The van der Waals surface area contributed by atoms with Crippen LogP contribution in [-0.4, -0.2) is 36.3 Å². The zero-order chi connectivity index (χ0) is 17.8. The van der Waals surface area contributed by atoms with E-state index in [2.05, 4.69) is 10.3 Å². The van der Waals surface area contributed by atoms with E-state index in [9.17, 15) is 4.79 Å². The maximum absolute atomic E-state index is 12.6. The van der Waals surface area contributed by atoms with Gasteiger partial charge in [0.15, 0.2) is 0 Å². The lowest BCUT2D eigenvalue weighted by atomic mass is 10.1. The SMILES string of the molecule is O=C(Cc1c[nH]c2ccccc12)N[C@@H]1COCC[C@@H]1Oc1ccccc1. The molecule has 2 atom stereocenters. The van der Waals surface area contributed by atoms with E-state index in [1.54, 1.807) is 0 Å². The molecule has 1 aromatic heterocycles. The molecule has 1 saturated heterocycles. The monoisotopic (exact) mass is 350 g/mol. The van der Waals surface area contributed by atoms with E-state index in [1.165, 1.54) is 0 Å². The molecule has 1 aliphatic heterocycles. The highest BCUT2D eigenvalue weighted by molar-refractivity contribution is 5.88. The molecule has 0 bridgehead atoms. The summed E-state index contributed by atoms with van der Waals surface area (Å²) in [7, 11) is 0. The van der Waals surface area contributed by atoms with Gasteiger partial charge in [-0.3, -0.25) is 4.79 Å². The summed E-state index contributed by atoms with van der Waals surface area (Å²) in [4.78, 5) is 15.8. The number of nitrogens with one attached hydrogen (secondary N) is 2. The first-order valence-electron chi connectivity index (χ1n) is 8.93. The Morgan fingerprint density at radius 3 is 2.85 bits per heavy atom. The van der Waals surface area contributed by atoms with Crippen LogP contribution in [0.1, 0.15) is 12.0 Å². The number of carbonyl (C=O) groups excluding carboxylic acids is 1. The summed E-state index contributed by atoms with van der Waals surface area (Å²) in [6.45, 7) is 1.11. The first kappa shape index (κ1) is 16.7. The number of H-pyrrole nitrogens is 1. The molecule has 2 heterocycles. The highest BCUT2D eigenvalue weighted by atomic mass is 16.5. The number of fused-ring (bicyclic) bond motifs is 1. The van der Waals surface area contributed by atoms with Gasteiger partial charge in [0, 0.05) is 23.5 Å². The lowest BCUT2D eigenvalue weighted by Gasteiger charge is -2.32. The number of hydrogen-bond donors (Lipinski definition) is 2. The van der Waals surface area contributed by atoms with Gasteiger partial charge in [-0.1, -0.05) is 36.4 Å². The van der Waals surface area contributed by atoms with Crippen LogP contribution in [0.3, 0.4) is 0 Å². The lowest BCUT2D eigenvalue weighted by molar-refractivity contribution is -0.123. The Morgan fingerprint density at radius 1 is 1.15 bits per heavy atom. The Kier molecular flexibility index (Phi) is 4.88. The van der Waals surface area contributed by atoms with Crippen molar-refractivity contribution in [3.63, 3.8) is 0 Å². The predicted molar refractivity (Wildman–Crippen MR) is 100 cm³/mol. The fourth-order valence-electron chi connectivity index (χ4n) is 3.38. The van der Waals surface area contributed by atoms with Crippen LogP contribution in [0.25, 0.3) is 10.9 Å². The van der Waals surface area contributed by atoms with Gasteiger partial charge < -0.3 is 19.8 Å². The number of amides is 1. The molecule has 0 unspecified atom stereocenters. The highest BCUT2D eigenvalue weighted by Crippen LogP contribution is 2.20. The number of benzene rings is 2. The number of carbonyl (C=O) groups is 1. The van der Waals surface area contributed by atoms with Crippen molar-refractivity contribution in [3.8, 4) is 5.75 Å². The molecule has 26 heavy (non-hydrogen) atoms. The summed E-state index contributed by atoms with van der Waals surface area (Å²) in [5.41, 5.74) is 2.04. The number of rotatable bonds is 5. The fraction of sp³-hybridized carbons (Fsp3) is 0.286. The van der Waals surface area contributed by atoms with Crippen molar-refractivity contribution in [2.24, 2.45) is 0 Å². The van der Waals surface area contributed by atoms with Gasteiger partial charge in [0.05, 0.1) is 25.7 Å². The summed E-state index contributed by atoms with van der Waals surface area (Å²) >= 11 is 0. The van der Waals surface area contributed by atoms with Crippen molar-refractivity contribution in [2.75, 3.05) is 13.2 Å². The molecule has 134 valence electrons. The molecule has 1 amide bonds. The maximum Gasteiger partial charge on any atom is 0.224 e. The average molecular weight is 350 g/mol. The van der Waals surface area contributed by atoms with Gasteiger partial charge in [-0.25, -0.2) is 0 Å². The highest BCUT2D eigenvalue weighted by Gasteiger charge is 2.29. The van der Waals surface area contributed by atoms with Crippen LogP contribution in [-0.2, 0) is 16.0 Å². The number of aromatic amines is 1. The summed E-state index contributed by atoms with van der Waals surface area (Å²) in [5, 5.41) is 4.17. The van der Waals surface area contributed by atoms with Crippen LogP contribution in [0.15, 0.2) is 60.8 Å². The van der Waals surface area contributed by atoms with E-state index >= 15 is 0 Å². The van der Waals surface area contributed by atoms with Crippen molar-refractivity contribution in [1.82, 2.24) is 10.3 Å². The van der Waals surface area contributed by atoms with E-state index in [4.69, 9.17) is 9.47 Å². The van der Waals surface area contributed by atoms with Crippen LogP contribution in [0, 0.1) is 0 Å². The lowest BCUT2D eigenvalue weighted by Crippen LogP contribution is -2.52. The average Bonchev–Trinajstić information content (AvgIpc) is 3.07.